The zero-order valence-corrected chi connectivity index (χ0v) is 14.8. The molecular formula is C20H19NO3S. The van der Waals surface area contributed by atoms with Gasteiger partial charge in [0.25, 0.3) is 10.0 Å². The van der Waals surface area contributed by atoms with Gasteiger partial charge < -0.3 is 5.11 Å². The summed E-state index contributed by atoms with van der Waals surface area (Å²) in [5.74, 6) is 5.36. The Labute approximate surface area is 149 Å². The molecule has 0 fully saturated rings. The molecule has 25 heavy (non-hydrogen) atoms. The molecule has 1 N–H and O–H groups in total. The average molecular weight is 353 g/mol. The van der Waals surface area contributed by atoms with Crippen molar-refractivity contribution in [2.75, 3.05) is 13.2 Å². The minimum Gasteiger partial charge on any atom is -0.396 e. The van der Waals surface area contributed by atoms with Crippen LogP contribution in [0.2, 0.25) is 0 Å². The molecule has 0 heterocycles. The van der Waals surface area contributed by atoms with Crippen LogP contribution in [0.5, 0.6) is 0 Å². The van der Waals surface area contributed by atoms with Crippen molar-refractivity contribution in [2.45, 2.75) is 18.2 Å². The van der Waals surface area contributed by atoms with Crippen molar-refractivity contribution in [3.63, 3.8) is 0 Å². The van der Waals surface area contributed by atoms with E-state index in [4.69, 9.17) is 11.5 Å². The van der Waals surface area contributed by atoms with Crippen molar-refractivity contribution in [2.24, 2.45) is 0 Å². The third-order valence-corrected chi connectivity index (χ3v) is 5.25. The van der Waals surface area contributed by atoms with Crippen LogP contribution >= 0.6 is 0 Å². The number of hydrogen-bond donors (Lipinski definition) is 1. The molecule has 2 rings (SSSR count). The Morgan fingerprint density at radius 3 is 2.32 bits per heavy atom. The quantitative estimate of drug-likeness (QED) is 0.663. The topological polar surface area (TPSA) is 57.6 Å². The molecule has 0 saturated carbocycles. The summed E-state index contributed by atoms with van der Waals surface area (Å²) in [6.07, 6.45) is 5.73. The van der Waals surface area contributed by atoms with E-state index in [-0.39, 0.29) is 24.5 Å². The summed E-state index contributed by atoms with van der Waals surface area (Å²) in [5, 5.41) is 9.06. The molecule has 0 aromatic heterocycles. The summed E-state index contributed by atoms with van der Waals surface area (Å²) in [5.41, 5.74) is 2.15. The van der Waals surface area contributed by atoms with Crippen LogP contribution in [0.25, 0.3) is 0 Å². The molecule has 2 aromatic rings. The number of hydrogen-bond acceptors (Lipinski definition) is 3. The molecule has 0 bridgehead atoms. The average Bonchev–Trinajstić information content (AvgIpc) is 2.62. The maximum Gasteiger partial charge on any atom is 0.270 e. The number of sulfonamides is 1. The van der Waals surface area contributed by atoms with Gasteiger partial charge in [0, 0.05) is 30.3 Å². The molecular weight excluding hydrogens is 334 g/mol. The Morgan fingerprint density at radius 2 is 1.72 bits per heavy atom. The van der Waals surface area contributed by atoms with Gasteiger partial charge in [-0.3, -0.25) is 0 Å². The predicted molar refractivity (Wildman–Crippen MR) is 98.0 cm³/mol. The summed E-state index contributed by atoms with van der Waals surface area (Å²) >= 11 is 0. The highest BCUT2D eigenvalue weighted by Gasteiger charge is 2.21. The Balaban J connectivity index is 2.42. The zero-order chi connectivity index (χ0) is 18.3. The molecule has 0 radical (unpaired) electrons. The van der Waals surface area contributed by atoms with Gasteiger partial charge in [0.2, 0.25) is 0 Å². The van der Waals surface area contributed by atoms with E-state index in [1.54, 1.807) is 48.5 Å². The van der Waals surface area contributed by atoms with Gasteiger partial charge in [-0.1, -0.05) is 35.7 Å². The number of aliphatic hydroxyl groups excluding tert-OH is 1. The van der Waals surface area contributed by atoms with Crippen molar-refractivity contribution in [1.29, 1.82) is 0 Å². The Bertz CT molecular complexity index is 929. The van der Waals surface area contributed by atoms with Crippen LogP contribution in [0.4, 0.5) is 0 Å². The fourth-order valence-corrected chi connectivity index (χ4v) is 3.40. The molecule has 4 nitrogen and oxygen atoms in total. The lowest BCUT2D eigenvalue weighted by Crippen LogP contribution is -2.28. The lowest BCUT2D eigenvalue weighted by molar-refractivity contribution is 0.280. The summed E-state index contributed by atoms with van der Waals surface area (Å²) in [4.78, 5) is 0.163. The van der Waals surface area contributed by atoms with Gasteiger partial charge in [0.1, 0.15) is 0 Å². The molecule has 128 valence electrons. The lowest BCUT2D eigenvalue weighted by Gasteiger charge is -2.17. The first kappa shape index (κ1) is 18.6. The molecule has 0 aliphatic carbocycles. The minimum absolute atomic E-state index is 0.0952. The highest BCUT2D eigenvalue weighted by Crippen LogP contribution is 2.16. The van der Waals surface area contributed by atoms with Crippen LogP contribution in [0.15, 0.2) is 53.4 Å². The van der Waals surface area contributed by atoms with Crippen LogP contribution in [-0.2, 0) is 10.0 Å². The predicted octanol–water partition coefficient (Wildman–Crippen LogP) is 2.36. The minimum atomic E-state index is -3.78. The third-order valence-electron chi connectivity index (χ3n) is 3.53. The normalized spacial score (nSPS) is 10.4. The second-order valence-electron chi connectivity index (χ2n) is 5.39. The van der Waals surface area contributed by atoms with Gasteiger partial charge in [-0.05, 0) is 43.5 Å². The number of benzene rings is 2. The van der Waals surface area contributed by atoms with E-state index < -0.39 is 10.0 Å². The summed E-state index contributed by atoms with van der Waals surface area (Å²) in [7, 11) is -3.78. The number of aliphatic hydroxyl groups is 1. The number of aryl methyl sites for hydroxylation is 1. The van der Waals surface area contributed by atoms with E-state index in [1.807, 2.05) is 6.92 Å². The maximum absolute atomic E-state index is 12.8. The van der Waals surface area contributed by atoms with Crippen molar-refractivity contribution in [3.8, 4) is 24.3 Å². The van der Waals surface area contributed by atoms with E-state index in [2.05, 4.69) is 17.9 Å². The molecule has 0 atom stereocenters. The standard InChI is InChI=1S/C20H19NO3S/c1-3-18-7-4-5-8-19(18)13-15-21(14-6-16-22)25(23,24)20-11-9-17(2)10-12-20/h1,4-5,7-12,22H,6,14,16H2,2H3. The molecule has 0 saturated heterocycles. The molecule has 0 amide bonds. The second kappa shape index (κ2) is 8.39. The molecule has 5 heteroatoms. The number of terminal acetylenes is 1. The van der Waals surface area contributed by atoms with E-state index in [0.717, 1.165) is 9.87 Å². The molecule has 0 aliphatic heterocycles. The largest absolute Gasteiger partial charge is 0.396 e. The SMILES string of the molecule is C#Cc1ccccc1C#CN(CCCO)S(=O)(=O)c1ccc(C)cc1. The van der Waals surface area contributed by atoms with Gasteiger partial charge in [-0.25, -0.2) is 12.7 Å². The molecule has 0 spiro atoms. The first-order valence-corrected chi connectivity index (χ1v) is 9.20. The number of nitrogens with zero attached hydrogens (tertiary/aromatic N) is 1. The third kappa shape index (κ3) is 4.64. The van der Waals surface area contributed by atoms with E-state index >= 15 is 0 Å². The Morgan fingerprint density at radius 1 is 1.08 bits per heavy atom. The van der Waals surface area contributed by atoms with E-state index in [9.17, 15) is 8.42 Å². The summed E-state index contributed by atoms with van der Waals surface area (Å²) < 4.78 is 26.7. The fraction of sp³-hybridized carbons (Fsp3) is 0.200. The van der Waals surface area contributed by atoms with Gasteiger partial charge in [-0.2, -0.15) is 0 Å². The smallest absolute Gasteiger partial charge is 0.270 e. The fourth-order valence-electron chi connectivity index (χ4n) is 2.13. The van der Waals surface area contributed by atoms with Gasteiger partial charge >= 0.3 is 0 Å². The van der Waals surface area contributed by atoms with E-state index in [1.165, 1.54) is 0 Å². The Hall–Kier alpha value is -2.73. The maximum atomic E-state index is 12.8. The molecule has 2 aromatic carbocycles. The summed E-state index contributed by atoms with van der Waals surface area (Å²) in [6.45, 7) is 1.86. The number of rotatable bonds is 5. The zero-order valence-electron chi connectivity index (χ0n) is 13.9. The highest BCUT2D eigenvalue weighted by atomic mass is 32.2. The lowest BCUT2D eigenvalue weighted by atomic mass is 10.1. The first-order valence-electron chi connectivity index (χ1n) is 7.76. The summed E-state index contributed by atoms with van der Waals surface area (Å²) in [6, 6.07) is 16.3. The monoisotopic (exact) mass is 353 g/mol. The Kier molecular flexibility index (Phi) is 6.25. The van der Waals surface area contributed by atoms with Crippen LogP contribution in [-0.4, -0.2) is 31.0 Å². The van der Waals surface area contributed by atoms with Crippen molar-refractivity contribution in [1.82, 2.24) is 4.31 Å². The van der Waals surface area contributed by atoms with Gasteiger partial charge in [0.15, 0.2) is 0 Å². The van der Waals surface area contributed by atoms with Crippen LogP contribution in [0.1, 0.15) is 23.1 Å². The van der Waals surface area contributed by atoms with Crippen molar-refractivity contribution < 1.29 is 13.5 Å². The van der Waals surface area contributed by atoms with Gasteiger partial charge in [0.05, 0.1) is 4.90 Å². The first-order chi connectivity index (χ1) is 12.0. The highest BCUT2D eigenvalue weighted by molar-refractivity contribution is 7.89. The van der Waals surface area contributed by atoms with Crippen molar-refractivity contribution in [3.05, 3.63) is 65.2 Å². The second-order valence-corrected chi connectivity index (χ2v) is 7.26. The molecule has 0 aliphatic rings. The van der Waals surface area contributed by atoms with Gasteiger partial charge in [-0.15, -0.1) is 6.42 Å². The van der Waals surface area contributed by atoms with Crippen LogP contribution < -0.4 is 0 Å². The van der Waals surface area contributed by atoms with E-state index in [0.29, 0.717) is 11.1 Å². The van der Waals surface area contributed by atoms with Crippen molar-refractivity contribution >= 4 is 10.0 Å². The molecule has 0 unspecified atom stereocenters. The van der Waals surface area contributed by atoms with Crippen LogP contribution in [0.3, 0.4) is 0 Å². The van der Waals surface area contributed by atoms with Crippen LogP contribution in [0, 0.1) is 31.2 Å².